The molecule has 0 aliphatic carbocycles. The molecule has 2 N–H and O–H groups in total. The van der Waals surface area contributed by atoms with Crippen molar-refractivity contribution in [3.63, 3.8) is 0 Å². The SMILES string of the molecule is CC(C)(C(=O)NCCNS(=O)(=O)c1ccccc1)c1ccc(Br)cc1. The highest BCUT2D eigenvalue weighted by Crippen LogP contribution is 2.24. The number of benzene rings is 2. The van der Waals surface area contributed by atoms with Gasteiger partial charge in [-0.15, -0.1) is 0 Å². The Bertz CT molecular complexity index is 819. The molecule has 2 rings (SSSR count). The largest absolute Gasteiger partial charge is 0.354 e. The fourth-order valence-corrected chi connectivity index (χ4v) is 3.58. The number of amides is 1. The number of hydrogen-bond donors (Lipinski definition) is 2. The average Bonchev–Trinajstić information content (AvgIpc) is 2.59. The quantitative estimate of drug-likeness (QED) is 0.670. The summed E-state index contributed by atoms with van der Waals surface area (Å²) in [5, 5.41) is 2.78. The van der Waals surface area contributed by atoms with E-state index in [1.165, 1.54) is 12.1 Å². The van der Waals surface area contributed by atoms with Gasteiger partial charge in [-0.25, -0.2) is 13.1 Å². The van der Waals surface area contributed by atoms with Crippen LogP contribution in [0, 0.1) is 0 Å². The number of rotatable bonds is 7. The summed E-state index contributed by atoms with van der Waals surface area (Å²) in [6, 6.07) is 15.7. The van der Waals surface area contributed by atoms with Crippen molar-refractivity contribution in [2.75, 3.05) is 13.1 Å². The second-order valence-electron chi connectivity index (χ2n) is 6.10. The first-order valence-corrected chi connectivity index (χ1v) is 10.1. The van der Waals surface area contributed by atoms with Crippen molar-refractivity contribution in [2.45, 2.75) is 24.2 Å². The van der Waals surface area contributed by atoms with Gasteiger partial charge < -0.3 is 5.32 Å². The first-order valence-electron chi connectivity index (χ1n) is 7.82. The lowest BCUT2D eigenvalue weighted by Crippen LogP contribution is -2.43. The number of halogens is 1. The van der Waals surface area contributed by atoms with E-state index in [9.17, 15) is 13.2 Å². The van der Waals surface area contributed by atoms with E-state index < -0.39 is 15.4 Å². The molecule has 0 spiro atoms. The van der Waals surface area contributed by atoms with Crippen LogP contribution in [0.25, 0.3) is 0 Å². The highest BCUT2D eigenvalue weighted by molar-refractivity contribution is 9.10. The molecule has 0 bridgehead atoms. The molecule has 0 aliphatic rings. The maximum absolute atomic E-state index is 12.4. The summed E-state index contributed by atoms with van der Waals surface area (Å²) in [4.78, 5) is 12.6. The maximum atomic E-state index is 12.4. The molecule has 25 heavy (non-hydrogen) atoms. The average molecular weight is 425 g/mol. The normalized spacial score (nSPS) is 12.0. The van der Waals surface area contributed by atoms with Gasteiger partial charge in [-0.05, 0) is 43.7 Å². The summed E-state index contributed by atoms with van der Waals surface area (Å²) in [7, 11) is -3.56. The van der Waals surface area contributed by atoms with Gasteiger partial charge in [0.2, 0.25) is 15.9 Å². The van der Waals surface area contributed by atoms with Crippen LogP contribution >= 0.6 is 15.9 Å². The van der Waals surface area contributed by atoms with Gasteiger partial charge in [0.15, 0.2) is 0 Å². The molecule has 2 aromatic rings. The number of hydrogen-bond acceptors (Lipinski definition) is 3. The summed E-state index contributed by atoms with van der Waals surface area (Å²) in [6.07, 6.45) is 0. The molecule has 7 heteroatoms. The summed E-state index contributed by atoms with van der Waals surface area (Å²) in [5.41, 5.74) is 0.178. The smallest absolute Gasteiger partial charge is 0.240 e. The Balaban J connectivity index is 1.89. The van der Waals surface area contributed by atoms with Gasteiger partial charge in [-0.3, -0.25) is 4.79 Å². The van der Waals surface area contributed by atoms with Gasteiger partial charge in [-0.2, -0.15) is 0 Å². The van der Waals surface area contributed by atoms with E-state index in [1.807, 2.05) is 38.1 Å². The highest BCUT2D eigenvalue weighted by Gasteiger charge is 2.29. The van der Waals surface area contributed by atoms with Gasteiger partial charge in [0.25, 0.3) is 0 Å². The number of sulfonamides is 1. The lowest BCUT2D eigenvalue weighted by Gasteiger charge is -2.24. The van der Waals surface area contributed by atoms with Crippen LogP contribution in [0.4, 0.5) is 0 Å². The molecule has 134 valence electrons. The molecule has 0 saturated carbocycles. The van der Waals surface area contributed by atoms with Crippen molar-refractivity contribution in [3.05, 3.63) is 64.6 Å². The predicted octanol–water partition coefficient (Wildman–Crippen LogP) is 2.82. The van der Waals surface area contributed by atoms with E-state index in [0.717, 1.165) is 10.0 Å². The molecule has 0 atom stereocenters. The van der Waals surface area contributed by atoms with Crippen LogP contribution in [0.1, 0.15) is 19.4 Å². The van der Waals surface area contributed by atoms with Crippen molar-refractivity contribution in [1.82, 2.24) is 10.0 Å². The van der Waals surface area contributed by atoms with Crippen LogP contribution in [0.2, 0.25) is 0 Å². The molecular weight excluding hydrogens is 404 g/mol. The van der Waals surface area contributed by atoms with Crippen molar-refractivity contribution >= 4 is 31.9 Å². The van der Waals surface area contributed by atoms with Crippen LogP contribution < -0.4 is 10.0 Å². The standard InChI is InChI=1S/C18H21BrN2O3S/c1-18(2,14-8-10-15(19)11-9-14)17(22)20-12-13-21-25(23,24)16-6-4-3-5-7-16/h3-11,21H,12-13H2,1-2H3,(H,20,22). The molecular formula is C18H21BrN2O3S. The van der Waals surface area contributed by atoms with Crippen molar-refractivity contribution in [3.8, 4) is 0 Å². The Morgan fingerprint density at radius 1 is 1.00 bits per heavy atom. The Morgan fingerprint density at radius 3 is 2.20 bits per heavy atom. The molecule has 2 aromatic carbocycles. The lowest BCUT2D eigenvalue weighted by molar-refractivity contribution is -0.125. The number of carbonyl (C=O) groups excluding carboxylic acids is 1. The Morgan fingerprint density at radius 2 is 1.60 bits per heavy atom. The van der Waals surface area contributed by atoms with E-state index in [-0.39, 0.29) is 23.9 Å². The molecule has 0 heterocycles. The Labute approximate surface area is 157 Å². The van der Waals surface area contributed by atoms with E-state index >= 15 is 0 Å². The molecule has 0 unspecified atom stereocenters. The molecule has 0 aromatic heterocycles. The molecule has 0 radical (unpaired) electrons. The predicted molar refractivity (Wildman–Crippen MR) is 102 cm³/mol. The highest BCUT2D eigenvalue weighted by atomic mass is 79.9. The monoisotopic (exact) mass is 424 g/mol. The third-order valence-corrected chi connectivity index (χ3v) is 5.90. The van der Waals surface area contributed by atoms with E-state index in [1.54, 1.807) is 18.2 Å². The molecule has 1 amide bonds. The van der Waals surface area contributed by atoms with Crippen molar-refractivity contribution in [1.29, 1.82) is 0 Å². The lowest BCUT2D eigenvalue weighted by atomic mass is 9.84. The van der Waals surface area contributed by atoms with Crippen LogP contribution in [0.5, 0.6) is 0 Å². The summed E-state index contributed by atoms with van der Waals surface area (Å²) < 4.78 is 27.6. The Hall–Kier alpha value is -1.70. The van der Waals surface area contributed by atoms with Gasteiger partial charge in [0, 0.05) is 17.6 Å². The van der Waals surface area contributed by atoms with Gasteiger partial charge in [-0.1, -0.05) is 46.3 Å². The summed E-state index contributed by atoms with van der Waals surface area (Å²) in [5.74, 6) is -0.159. The third kappa shape index (κ3) is 5.14. The molecule has 0 aliphatic heterocycles. The number of nitrogens with one attached hydrogen (secondary N) is 2. The zero-order chi connectivity index (χ0) is 18.5. The van der Waals surface area contributed by atoms with E-state index in [0.29, 0.717) is 0 Å². The maximum Gasteiger partial charge on any atom is 0.240 e. The summed E-state index contributed by atoms with van der Waals surface area (Å²) in [6.45, 7) is 4.00. The Kier molecular flexibility index (Phi) is 6.37. The van der Waals surface area contributed by atoms with E-state index in [2.05, 4.69) is 26.0 Å². The first-order chi connectivity index (χ1) is 11.7. The van der Waals surface area contributed by atoms with Crippen LogP contribution in [0.15, 0.2) is 64.0 Å². The molecule has 0 saturated heterocycles. The fourth-order valence-electron chi connectivity index (χ4n) is 2.26. The van der Waals surface area contributed by atoms with Crippen LogP contribution in [-0.2, 0) is 20.2 Å². The third-order valence-electron chi connectivity index (χ3n) is 3.89. The van der Waals surface area contributed by atoms with Crippen LogP contribution in [-0.4, -0.2) is 27.4 Å². The van der Waals surface area contributed by atoms with Crippen molar-refractivity contribution in [2.24, 2.45) is 0 Å². The molecule has 0 fully saturated rings. The first kappa shape index (κ1) is 19.6. The van der Waals surface area contributed by atoms with Crippen LogP contribution in [0.3, 0.4) is 0 Å². The van der Waals surface area contributed by atoms with Gasteiger partial charge in [0.05, 0.1) is 10.3 Å². The van der Waals surface area contributed by atoms with Crippen molar-refractivity contribution < 1.29 is 13.2 Å². The zero-order valence-electron chi connectivity index (χ0n) is 14.1. The minimum Gasteiger partial charge on any atom is -0.354 e. The van der Waals surface area contributed by atoms with Gasteiger partial charge >= 0.3 is 0 Å². The second-order valence-corrected chi connectivity index (χ2v) is 8.78. The minimum absolute atomic E-state index is 0.124. The zero-order valence-corrected chi connectivity index (χ0v) is 16.5. The fraction of sp³-hybridized carbons (Fsp3) is 0.278. The van der Waals surface area contributed by atoms with E-state index in [4.69, 9.17) is 0 Å². The number of carbonyl (C=O) groups is 1. The van der Waals surface area contributed by atoms with Gasteiger partial charge in [0.1, 0.15) is 0 Å². The molecule has 5 nitrogen and oxygen atoms in total. The summed E-state index contributed by atoms with van der Waals surface area (Å²) >= 11 is 3.37. The topological polar surface area (TPSA) is 75.3 Å². The second kappa shape index (κ2) is 8.12. The minimum atomic E-state index is -3.56.